The summed E-state index contributed by atoms with van der Waals surface area (Å²) < 4.78 is 5.00. The van der Waals surface area contributed by atoms with Crippen LogP contribution in [0.3, 0.4) is 0 Å². The van der Waals surface area contributed by atoms with Crippen LogP contribution in [0.5, 0.6) is 0 Å². The van der Waals surface area contributed by atoms with E-state index in [1.807, 2.05) is 6.07 Å². The van der Waals surface area contributed by atoms with Crippen LogP contribution in [0.15, 0.2) is 12.4 Å². The molecule has 1 fully saturated rings. The van der Waals surface area contributed by atoms with Crippen molar-refractivity contribution >= 4 is 11.6 Å². The molecule has 0 aromatic carbocycles. The van der Waals surface area contributed by atoms with Gasteiger partial charge < -0.3 is 20.1 Å². The van der Waals surface area contributed by atoms with Gasteiger partial charge in [0.2, 0.25) is 0 Å². The molecule has 0 radical (unpaired) electrons. The molecule has 1 aromatic heterocycles. The van der Waals surface area contributed by atoms with E-state index in [2.05, 4.69) is 20.2 Å². The highest BCUT2D eigenvalue weighted by Gasteiger charge is 2.24. The third kappa shape index (κ3) is 3.78. The van der Waals surface area contributed by atoms with Crippen LogP contribution >= 0.6 is 0 Å². The van der Waals surface area contributed by atoms with Gasteiger partial charge in [-0.3, -0.25) is 0 Å². The van der Waals surface area contributed by atoms with Gasteiger partial charge in [0.1, 0.15) is 18.0 Å². The van der Waals surface area contributed by atoms with Crippen LogP contribution in [0.1, 0.15) is 19.3 Å². The predicted octanol–water partition coefficient (Wildman–Crippen LogP) is 0.886. The zero-order valence-electron chi connectivity index (χ0n) is 11.4. The zero-order chi connectivity index (χ0) is 13.5. The molecule has 6 nitrogen and oxygen atoms in total. The van der Waals surface area contributed by atoms with Gasteiger partial charge in [0, 0.05) is 32.9 Å². The SMILES string of the molecule is COCCCNc1cc(N2CCCC2CO)ncn1. The molecule has 2 rings (SSSR count). The molecule has 1 unspecified atom stereocenters. The molecule has 2 N–H and O–H groups in total. The molecule has 0 amide bonds. The summed E-state index contributed by atoms with van der Waals surface area (Å²) in [6, 6.07) is 2.14. The van der Waals surface area contributed by atoms with E-state index in [-0.39, 0.29) is 12.6 Å². The van der Waals surface area contributed by atoms with Crippen LogP contribution < -0.4 is 10.2 Å². The number of anilines is 2. The topological polar surface area (TPSA) is 70.5 Å². The van der Waals surface area contributed by atoms with Crippen molar-refractivity contribution in [3.8, 4) is 0 Å². The number of nitrogens with zero attached hydrogens (tertiary/aromatic N) is 3. The van der Waals surface area contributed by atoms with Gasteiger partial charge in [0.15, 0.2) is 0 Å². The van der Waals surface area contributed by atoms with E-state index in [9.17, 15) is 5.11 Å². The third-order valence-corrected chi connectivity index (χ3v) is 3.37. The fourth-order valence-electron chi connectivity index (χ4n) is 2.36. The Kier molecular flexibility index (Phi) is 5.35. The largest absolute Gasteiger partial charge is 0.394 e. The summed E-state index contributed by atoms with van der Waals surface area (Å²) in [6.45, 7) is 2.70. The second kappa shape index (κ2) is 7.25. The first-order valence-electron chi connectivity index (χ1n) is 6.77. The van der Waals surface area contributed by atoms with Crippen LogP contribution in [-0.4, -0.2) is 54.5 Å². The summed E-state index contributed by atoms with van der Waals surface area (Å²) in [4.78, 5) is 10.7. The molecule has 0 spiro atoms. The lowest BCUT2D eigenvalue weighted by Crippen LogP contribution is -2.32. The third-order valence-electron chi connectivity index (χ3n) is 3.37. The van der Waals surface area contributed by atoms with Gasteiger partial charge in [-0.1, -0.05) is 0 Å². The first-order valence-corrected chi connectivity index (χ1v) is 6.77. The molecule has 1 atom stereocenters. The fourth-order valence-corrected chi connectivity index (χ4v) is 2.36. The van der Waals surface area contributed by atoms with E-state index in [0.29, 0.717) is 0 Å². The molecule has 0 bridgehead atoms. The van der Waals surface area contributed by atoms with E-state index < -0.39 is 0 Å². The van der Waals surface area contributed by atoms with Crippen LogP contribution in [0, 0.1) is 0 Å². The highest BCUT2D eigenvalue weighted by atomic mass is 16.5. The zero-order valence-corrected chi connectivity index (χ0v) is 11.4. The number of hydrogen-bond donors (Lipinski definition) is 2. The number of methoxy groups -OCH3 is 1. The Morgan fingerprint density at radius 1 is 1.53 bits per heavy atom. The molecule has 1 aliphatic rings. The van der Waals surface area contributed by atoms with E-state index in [0.717, 1.165) is 50.6 Å². The maximum Gasteiger partial charge on any atom is 0.134 e. The normalized spacial score (nSPS) is 18.8. The van der Waals surface area contributed by atoms with Crippen LogP contribution in [0.2, 0.25) is 0 Å². The number of nitrogens with one attached hydrogen (secondary N) is 1. The Morgan fingerprint density at radius 2 is 2.42 bits per heavy atom. The molecule has 0 aliphatic carbocycles. The van der Waals surface area contributed by atoms with E-state index in [4.69, 9.17) is 4.74 Å². The Balaban J connectivity index is 1.94. The molecular formula is C13H22N4O2. The summed E-state index contributed by atoms with van der Waals surface area (Å²) in [7, 11) is 1.70. The van der Waals surface area contributed by atoms with Gasteiger partial charge in [-0.25, -0.2) is 9.97 Å². The van der Waals surface area contributed by atoms with Gasteiger partial charge in [0.25, 0.3) is 0 Å². The molecule has 1 saturated heterocycles. The molecule has 6 heteroatoms. The van der Waals surface area contributed by atoms with Crippen LogP contribution in [-0.2, 0) is 4.74 Å². The quantitative estimate of drug-likeness (QED) is 0.714. The van der Waals surface area contributed by atoms with E-state index in [1.54, 1.807) is 13.4 Å². The van der Waals surface area contributed by atoms with Crippen molar-refractivity contribution < 1.29 is 9.84 Å². The van der Waals surface area contributed by atoms with Crippen molar-refractivity contribution in [2.24, 2.45) is 0 Å². The van der Waals surface area contributed by atoms with Gasteiger partial charge in [-0.05, 0) is 19.3 Å². The fraction of sp³-hybridized carbons (Fsp3) is 0.692. The Labute approximate surface area is 113 Å². The van der Waals surface area contributed by atoms with E-state index in [1.165, 1.54) is 0 Å². The molecule has 2 heterocycles. The minimum absolute atomic E-state index is 0.181. The van der Waals surface area contributed by atoms with Gasteiger partial charge in [-0.15, -0.1) is 0 Å². The Bertz CT molecular complexity index is 389. The van der Waals surface area contributed by atoms with Crippen molar-refractivity contribution in [1.29, 1.82) is 0 Å². The van der Waals surface area contributed by atoms with Crippen molar-refractivity contribution in [1.82, 2.24) is 9.97 Å². The smallest absolute Gasteiger partial charge is 0.134 e. The summed E-state index contributed by atoms with van der Waals surface area (Å²) in [5.74, 6) is 1.71. The minimum Gasteiger partial charge on any atom is -0.394 e. The summed E-state index contributed by atoms with van der Waals surface area (Å²) in [5, 5.41) is 12.6. The Morgan fingerprint density at radius 3 is 3.21 bits per heavy atom. The lowest BCUT2D eigenvalue weighted by Gasteiger charge is -2.24. The molecule has 19 heavy (non-hydrogen) atoms. The molecule has 106 valence electrons. The van der Waals surface area contributed by atoms with Crippen LogP contribution in [0.25, 0.3) is 0 Å². The van der Waals surface area contributed by atoms with Gasteiger partial charge in [0.05, 0.1) is 12.6 Å². The highest BCUT2D eigenvalue weighted by molar-refractivity contribution is 5.49. The average molecular weight is 266 g/mol. The van der Waals surface area contributed by atoms with Crippen LogP contribution in [0.4, 0.5) is 11.6 Å². The first-order chi connectivity index (χ1) is 9.35. The standard InChI is InChI=1S/C13H22N4O2/c1-19-7-3-5-14-12-8-13(16-10-15-12)17-6-2-4-11(17)9-18/h8,10-11,18H,2-7,9H2,1H3,(H,14,15,16). The number of aromatic nitrogens is 2. The number of hydrogen-bond acceptors (Lipinski definition) is 6. The summed E-state index contributed by atoms with van der Waals surface area (Å²) in [6.07, 6.45) is 4.64. The minimum atomic E-state index is 0.181. The second-order valence-corrected chi connectivity index (χ2v) is 4.71. The first kappa shape index (κ1) is 14.0. The molecule has 1 aromatic rings. The monoisotopic (exact) mass is 266 g/mol. The highest BCUT2D eigenvalue weighted by Crippen LogP contribution is 2.24. The van der Waals surface area contributed by atoms with Crippen molar-refractivity contribution in [2.45, 2.75) is 25.3 Å². The number of aliphatic hydroxyl groups is 1. The lowest BCUT2D eigenvalue weighted by molar-refractivity contribution is 0.198. The Hall–Kier alpha value is -1.40. The van der Waals surface area contributed by atoms with Crippen molar-refractivity contribution in [2.75, 3.05) is 43.6 Å². The van der Waals surface area contributed by atoms with E-state index >= 15 is 0 Å². The lowest BCUT2D eigenvalue weighted by atomic mass is 10.2. The summed E-state index contributed by atoms with van der Waals surface area (Å²) >= 11 is 0. The summed E-state index contributed by atoms with van der Waals surface area (Å²) in [5.41, 5.74) is 0. The average Bonchev–Trinajstić information content (AvgIpc) is 2.92. The predicted molar refractivity (Wildman–Crippen MR) is 74.5 cm³/mol. The van der Waals surface area contributed by atoms with Gasteiger partial charge >= 0.3 is 0 Å². The maximum absolute atomic E-state index is 9.35. The van der Waals surface area contributed by atoms with Crippen molar-refractivity contribution in [3.05, 3.63) is 12.4 Å². The number of aliphatic hydroxyl groups excluding tert-OH is 1. The van der Waals surface area contributed by atoms with Crippen molar-refractivity contribution in [3.63, 3.8) is 0 Å². The number of rotatable bonds is 7. The second-order valence-electron chi connectivity index (χ2n) is 4.71. The maximum atomic E-state index is 9.35. The number of ether oxygens (including phenoxy) is 1. The molecular weight excluding hydrogens is 244 g/mol. The molecule has 0 saturated carbocycles. The van der Waals surface area contributed by atoms with Gasteiger partial charge in [-0.2, -0.15) is 0 Å². The molecule has 1 aliphatic heterocycles.